The minimum atomic E-state index is -0.0529. The van der Waals surface area contributed by atoms with Gasteiger partial charge in [-0.1, -0.05) is 0 Å². The van der Waals surface area contributed by atoms with Gasteiger partial charge in [-0.05, 0) is 30.7 Å². The number of ether oxygens (including phenoxy) is 1. The summed E-state index contributed by atoms with van der Waals surface area (Å²) in [4.78, 5) is 19.2. The SMILES string of the molecule is CC(=O)c1cnccc1OCc1ccncc1. The van der Waals surface area contributed by atoms with E-state index in [4.69, 9.17) is 4.74 Å². The second-order valence-electron chi connectivity index (χ2n) is 3.57. The Hall–Kier alpha value is -2.23. The van der Waals surface area contributed by atoms with E-state index in [9.17, 15) is 4.79 Å². The minimum absolute atomic E-state index is 0.0529. The monoisotopic (exact) mass is 228 g/mol. The fraction of sp³-hybridized carbons (Fsp3) is 0.154. The maximum absolute atomic E-state index is 11.3. The number of rotatable bonds is 4. The van der Waals surface area contributed by atoms with Gasteiger partial charge in [0.05, 0.1) is 5.56 Å². The molecule has 0 N–H and O–H groups in total. The molecule has 2 aromatic rings. The summed E-state index contributed by atoms with van der Waals surface area (Å²) in [6, 6.07) is 5.43. The zero-order chi connectivity index (χ0) is 12.1. The number of aromatic nitrogens is 2. The first-order valence-electron chi connectivity index (χ1n) is 5.24. The Morgan fingerprint density at radius 1 is 1.18 bits per heavy atom. The van der Waals surface area contributed by atoms with Crippen LogP contribution >= 0.6 is 0 Å². The van der Waals surface area contributed by atoms with E-state index in [1.807, 2.05) is 12.1 Å². The van der Waals surface area contributed by atoms with Gasteiger partial charge in [0.1, 0.15) is 12.4 Å². The molecular formula is C13H12N2O2. The highest BCUT2D eigenvalue weighted by atomic mass is 16.5. The summed E-state index contributed by atoms with van der Waals surface area (Å²) >= 11 is 0. The Morgan fingerprint density at radius 3 is 2.59 bits per heavy atom. The highest BCUT2D eigenvalue weighted by Crippen LogP contribution is 2.18. The van der Waals surface area contributed by atoms with Gasteiger partial charge in [-0.15, -0.1) is 0 Å². The average Bonchev–Trinajstić information content (AvgIpc) is 2.38. The van der Waals surface area contributed by atoms with Crippen LogP contribution in [0.15, 0.2) is 43.0 Å². The largest absolute Gasteiger partial charge is 0.488 e. The van der Waals surface area contributed by atoms with Gasteiger partial charge in [-0.3, -0.25) is 14.8 Å². The number of hydrogen-bond acceptors (Lipinski definition) is 4. The zero-order valence-corrected chi connectivity index (χ0v) is 9.46. The highest BCUT2D eigenvalue weighted by Gasteiger charge is 2.07. The molecule has 86 valence electrons. The molecule has 0 unspecified atom stereocenters. The van der Waals surface area contributed by atoms with Gasteiger partial charge in [0.15, 0.2) is 5.78 Å². The van der Waals surface area contributed by atoms with Crippen molar-refractivity contribution in [3.8, 4) is 5.75 Å². The van der Waals surface area contributed by atoms with Gasteiger partial charge in [0.2, 0.25) is 0 Å². The molecule has 4 heteroatoms. The van der Waals surface area contributed by atoms with Crippen molar-refractivity contribution in [2.75, 3.05) is 0 Å². The first-order chi connectivity index (χ1) is 8.27. The summed E-state index contributed by atoms with van der Waals surface area (Å²) in [7, 11) is 0. The maximum Gasteiger partial charge on any atom is 0.165 e. The summed E-state index contributed by atoms with van der Waals surface area (Å²) in [6.07, 6.45) is 6.53. The topological polar surface area (TPSA) is 52.1 Å². The van der Waals surface area contributed by atoms with Crippen LogP contribution in [-0.4, -0.2) is 15.8 Å². The Balaban J connectivity index is 2.12. The summed E-state index contributed by atoms with van der Waals surface area (Å²) in [5.74, 6) is 0.507. The molecule has 0 aromatic carbocycles. The maximum atomic E-state index is 11.3. The van der Waals surface area contributed by atoms with Crippen molar-refractivity contribution in [3.05, 3.63) is 54.1 Å². The van der Waals surface area contributed by atoms with E-state index < -0.39 is 0 Å². The van der Waals surface area contributed by atoms with E-state index in [1.165, 1.54) is 13.1 Å². The van der Waals surface area contributed by atoms with Crippen LogP contribution in [0.4, 0.5) is 0 Å². The number of carbonyl (C=O) groups is 1. The van der Waals surface area contributed by atoms with E-state index in [-0.39, 0.29) is 5.78 Å². The fourth-order valence-corrected chi connectivity index (χ4v) is 1.41. The molecule has 2 rings (SSSR count). The number of ketones is 1. The Kier molecular flexibility index (Phi) is 3.45. The van der Waals surface area contributed by atoms with E-state index in [0.29, 0.717) is 17.9 Å². The normalized spacial score (nSPS) is 9.94. The van der Waals surface area contributed by atoms with E-state index in [2.05, 4.69) is 9.97 Å². The second kappa shape index (κ2) is 5.21. The first-order valence-corrected chi connectivity index (χ1v) is 5.24. The van der Waals surface area contributed by atoms with Crippen LogP contribution in [0.3, 0.4) is 0 Å². The number of Topliss-reactive ketones (excluding diaryl/α,β-unsaturated/α-hetero) is 1. The molecule has 0 spiro atoms. The molecule has 2 heterocycles. The Bertz CT molecular complexity index is 512. The van der Waals surface area contributed by atoms with E-state index >= 15 is 0 Å². The van der Waals surface area contributed by atoms with Crippen LogP contribution in [0.5, 0.6) is 5.75 Å². The number of nitrogens with zero attached hydrogens (tertiary/aromatic N) is 2. The molecule has 0 atom stereocenters. The third-order valence-corrected chi connectivity index (χ3v) is 2.30. The molecule has 17 heavy (non-hydrogen) atoms. The second-order valence-corrected chi connectivity index (χ2v) is 3.57. The van der Waals surface area contributed by atoms with Crippen LogP contribution in [0.25, 0.3) is 0 Å². The molecule has 0 amide bonds. The van der Waals surface area contributed by atoms with Gasteiger partial charge in [0, 0.05) is 24.8 Å². The molecule has 0 fully saturated rings. The molecular weight excluding hydrogens is 216 g/mol. The van der Waals surface area contributed by atoms with Crippen molar-refractivity contribution < 1.29 is 9.53 Å². The van der Waals surface area contributed by atoms with Gasteiger partial charge in [0.25, 0.3) is 0 Å². The van der Waals surface area contributed by atoms with Crippen LogP contribution in [0, 0.1) is 0 Å². The third kappa shape index (κ3) is 2.87. The average molecular weight is 228 g/mol. The molecule has 0 aliphatic rings. The van der Waals surface area contributed by atoms with Crippen LogP contribution in [-0.2, 0) is 6.61 Å². The van der Waals surface area contributed by atoms with Gasteiger partial charge in [-0.25, -0.2) is 0 Å². The number of carbonyl (C=O) groups excluding carboxylic acids is 1. The van der Waals surface area contributed by atoms with Crippen LogP contribution in [0.2, 0.25) is 0 Å². The van der Waals surface area contributed by atoms with Gasteiger partial charge >= 0.3 is 0 Å². The van der Waals surface area contributed by atoms with Crippen LogP contribution < -0.4 is 4.74 Å². The molecule has 0 aliphatic heterocycles. The van der Waals surface area contributed by atoms with Crippen molar-refractivity contribution in [3.63, 3.8) is 0 Å². The fourth-order valence-electron chi connectivity index (χ4n) is 1.41. The molecule has 2 aromatic heterocycles. The third-order valence-electron chi connectivity index (χ3n) is 2.30. The Morgan fingerprint density at radius 2 is 1.88 bits per heavy atom. The molecule has 0 saturated heterocycles. The summed E-state index contributed by atoms with van der Waals surface area (Å²) in [6.45, 7) is 1.91. The first kappa shape index (κ1) is 11.3. The van der Waals surface area contributed by atoms with Crippen molar-refractivity contribution in [1.29, 1.82) is 0 Å². The lowest BCUT2D eigenvalue weighted by atomic mass is 10.2. The number of pyridine rings is 2. The van der Waals surface area contributed by atoms with E-state index in [0.717, 1.165) is 5.56 Å². The lowest BCUT2D eigenvalue weighted by molar-refractivity contribution is 0.101. The van der Waals surface area contributed by atoms with Gasteiger partial charge < -0.3 is 4.74 Å². The zero-order valence-electron chi connectivity index (χ0n) is 9.46. The lowest BCUT2D eigenvalue weighted by Crippen LogP contribution is -2.02. The van der Waals surface area contributed by atoms with E-state index in [1.54, 1.807) is 24.7 Å². The van der Waals surface area contributed by atoms with Crippen molar-refractivity contribution in [2.45, 2.75) is 13.5 Å². The predicted molar refractivity (Wildman–Crippen MR) is 62.8 cm³/mol. The smallest absolute Gasteiger partial charge is 0.165 e. The van der Waals surface area contributed by atoms with Gasteiger partial charge in [-0.2, -0.15) is 0 Å². The molecule has 0 bridgehead atoms. The predicted octanol–water partition coefficient (Wildman–Crippen LogP) is 2.26. The quantitative estimate of drug-likeness (QED) is 0.753. The van der Waals surface area contributed by atoms with Crippen molar-refractivity contribution in [2.24, 2.45) is 0 Å². The standard InChI is InChI=1S/C13H12N2O2/c1-10(16)12-8-15-7-4-13(12)17-9-11-2-5-14-6-3-11/h2-8H,9H2,1H3. The highest BCUT2D eigenvalue weighted by molar-refractivity contribution is 5.96. The van der Waals surface area contributed by atoms with Crippen LogP contribution in [0.1, 0.15) is 22.8 Å². The molecule has 0 radical (unpaired) electrons. The van der Waals surface area contributed by atoms with Crippen molar-refractivity contribution in [1.82, 2.24) is 9.97 Å². The number of hydrogen-bond donors (Lipinski definition) is 0. The molecule has 0 saturated carbocycles. The lowest BCUT2D eigenvalue weighted by Gasteiger charge is -2.08. The summed E-state index contributed by atoms with van der Waals surface area (Å²) in [5.41, 5.74) is 1.51. The summed E-state index contributed by atoms with van der Waals surface area (Å²) < 4.78 is 5.60. The minimum Gasteiger partial charge on any atom is -0.488 e. The molecule has 4 nitrogen and oxygen atoms in total. The van der Waals surface area contributed by atoms with Crippen molar-refractivity contribution >= 4 is 5.78 Å². The Labute approximate surface area is 99.3 Å². The molecule has 0 aliphatic carbocycles. The summed E-state index contributed by atoms with van der Waals surface area (Å²) in [5, 5.41) is 0.